The van der Waals surface area contributed by atoms with Crippen molar-refractivity contribution in [2.45, 2.75) is 58.7 Å². The van der Waals surface area contributed by atoms with Crippen molar-refractivity contribution in [2.75, 3.05) is 13.6 Å². The predicted molar refractivity (Wildman–Crippen MR) is 84.5 cm³/mol. The van der Waals surface area contributed by atoms with Gasteiger partial charge in [0.05, 0.1) is 6.20 Å². The van der Waals surface area contributed by atoms with Crippen LogP contribution in [0.1, 0.15) is 46.6 Å². The molecule has 2 N–H and O–H groups in total. The Bertz CT molecular complexity index is 546. The third-order valence-corrected chi connectivity index (χ3v) is 5.80. The summed E-state index contributed by atoms with van der Waals surface area (Å²) >= 11 is 0. The van der Waals surface area contributed by atoms with E-state index in [0.717, 1.165) is 13.0 Å². The van der Waals surface area contributed by atoms with Gasteiger partial charge >= 0.3 is 0 Å². The van der Waals surface area contributed by atoms with Crippen LogP contribution in [-0.2, 0) is 16.6 Å². The maximum atomic E-state index is 12.8. The highest BCUT2D eigenvalue weighted by atomic mass is 32.2. The van der Waals surface area contributed by atoms with E-state index >= 15 is 0 Å². The van der Waals surface area contributed by atoms with Crippen LogP contribution in [0.3, 0.4) is 0 Å². The van der Waals surface area contributed by atoms with E-state index in [-0.39, 0.29) is 16.5 Å². The zero-order valence-corrected chi connectivity index (χ0v) is 14.7. The molecule has 0 radical (unpaired) electrons. The molecule has 0 bridgehead atoms. The molecule has 1 rings (SSSR count). The van der Waals surface area contributed by atoms with Crippen molar-refractivity contribution >= 4 is 10.0 Å². The minimum atomic E-state index is -3.57. The Labute approximate surface area is 128 Å². The molecule has 1 atom stereocenters. The Hall–Kier alpha value is -0.920. The number of sulfonamides is 1. The van der Waals surface area contributed by atoms with Crippen LogP contribution in [0, 0.1) is 5.41 Å². The Balaban J connectivity index is 3.01. The van der Waals surface area contributed by atoms with Crippen molar-refractivity contribution in [1.82, 2.24) is 19.8 Å². The minimum Gasteiger partial charge on any atom is -0.313 e. The summed E-state index contributed by atoms with van der Waals surface area (Å²) < 4.78 is 26.9. The van der Waals surface area contributed by atoms with Crippen LogP contribution >= 0.6 is 0 Å². The van der Waals surface area contributed by atoms with Gasteiger partial charge in [-0.3, -0.25) is 5.10 Å². The molecule has 1 heterocycles. The van der Waals surface area contributed by atoms with Gasteiger partial charge in [0, 0.05) is 25.2 Å². The molecule has 6 nitrogen and oxygen atoms in total. The molecule has 122 valence electrons. The summed E-state index contributed by atoms with van der Waals surface area (Å²) in [5, 5.41) is 9.93. The SMILES string of the molecule is CCCNCc1cn[nH]c1S(=O)(=O)N(C)C(C)C(C)(C)C. The molecule has 0 aromatic carbocycles. The average molecular weight is 316 g/mol. The normalized spacial score (nSPS) is 14.6. The number of nitrogens with zero attached hydrogens (tertiary/aromatic N) is 2. The van der Waals surface area contributed by atoms with Crippen LogP contribution in [0.25, 0.3) is 0 Å². The first-order chi connectivity index (χ1) is 9.62. The first-order valence-electron chi connectivity index (χ1n) is 7.33. The largest absolute Gasteiger partial charge is 0.313 e. The molecule has 1 aromatic rings. The number of aromatic amines is 1. The monoisotopic (exact) mass is 316 g/mol. The molecule has 0 aliphatic rings. The molecule has 21 heavy (non-hydrogen) atoms. The van der Waals surface area contributed by atoms with Crippen molar-refractivity contribution in [1.29, 1.82) is 0 Å². The lowest BCUT2D eigenvalue weighted by atomic mass is 9.88. The zero-order valence-electron chi connectivity index (χ0n) is 13.9. The Morgan fingerprint density at radius 3 is 2.57 bits per heavy atom. The van der Waals surface area contributed by atoms with Gasteiger partial charge in [-0.05, 0) is 25.3 Å². The summed E-state index contributed by atoms with van der Waals surface area (Å²) in [4.78, 5) is 0. The van der Waals surface area contributed by atoms with Gasteiger partial charge in [0.2, 0.25) is 0 Å². The second-order valence-electron chi connectivity index (χ2n) is 6.46. The highest BCUT2D eigenvalue weighted by molar-refractivity contribution is 7.89. The highest BCUT2D eigenvalue weighted by Gasteiger charge is 2.34. The van der Waals surface area contributed by atoms with E-state index in [0.29, 0.717) is 12.1 Å². The first kappa shape index (κ1) is 18.1. The third-order valence-electron chi connectivity index (χ3n) is 3.86. The summed E-state index contributed by atoms with van der Waals surface area (Å²) in [5.41, 5.74) is 0.541. The summed E-state index contributed by atoms with van der Waals surface area (Å²) in [7, 11) is -1.95. The van der Waals surface area contributed by atoms with Gasteiger partial charge < -0.3 is 5.32 Å². The number of rotatable bonds is 7. The minimum absolute atomic E-state index is 0.123. The van der Waals surface area contributed by atoms with Crippen molar-refractivity contribution in [3.63, 3.8) is 0 Å². The fourth-order valence-electron chi connectivity index (χ4n) is 1.95. The van der Waals surface area contributed by atoms with Gasteiger partial charge in [-0.25, -0.2) is 8.42 Å². The van der Waals surface area contributed by atoms with Crippen LogP contribution in [0.2, 0.25) is 0 Å². The quantitative estimate of drug-likeness (QED) is 0.754. The summed E-state index contributed by atoms with van der Waals surface area (Å²) in [6, 6.07) is -0.123. The molecule has 7 heteroatoms. The van der Waals surface area contributed by atoms with E-state index in [1.54, 1.807) is 13.2 Å². The molecule has 1 aromatic heterocycles. The second-order valence-corrected chi connectivity index (χ2v) is 8.40. The Morgan fingerprint density at radius 2 is 2.05 bits per heavy atom. The number of nitrogens with one attached hydrogen (secondary N) is 2. The maximum Gasteiger partial charge on any atom is 0.260 e. The van der Waals surface area contributed by atoms with E-state index < -0.39 is 10.0 Å². The van der Waals surface area contributed by atoms with E-state index in [1.165, 1.54) is 4.31 Å². The lowest BCUT2D eigenvalue weighted by Gasteiger charge is -2.34. The van der Waals surface area contributed by atoms with Gasteiger partial charge in [-0.15, -0.1) is 0 Å². The van der Waals surface area contributed by atoms with E-state index in [9.17, 15) is 8.42 Å². The van der Waals surface area contributed by atoms with Crippen molar-refractivity contribution in [3.05, 3.63) is 11.8 Å². The van der Waals surface area contributed by atoms with E-state index in [1.807, 2.05) is 27.7 Å². The Morgan fingerprint density at radius 1 is 1.43 bits per heavy atom. The molecule has 1 unspecified atom stereocenters. The number of aromatic nitrogens is 2. The molecule has 0 fully saturated rings. The molecule has 0 saturated carbocycles. The molecular formula is C14H28N4O2S. The van der Waals surface area contributed by atoms with Gasteiger partial charge in [0.15, 0.2) is 5.03 Å². The predicted octanol–water partition coefficient (Wildman–Crippen LogP) is 1.96. The van der Waals surface area contributed by atoms with Crippen LogP contribution in [0.5, 0.6) is 0 Å². The van der Waals surface area contributed by atoms with Crippen LogP contribution in [0.15, 0.2) is 11.2 Å². The van der Waals surface area contributed by atoms with Crippen LogP contribution < -0.4 is 5.32 Å². The highest BCUT2D eigenvalue weighted by Crippen LogP contribution is 2.27. The second kappa shape index (κ2) is 6.89. The fourth-order valence-corrected chi connectivity index (χ4v) is 3.59. The molecule has 0 aliphatic heterocycles. The molecule has 0 spiro atoms. The maximum absolute atomic E-state index is 12.8. The number of H-pyrrole nitrogens is 1. The average Bonchev–Trinajstić information content (AvgIpc) is 2.85. The van der Waals surface area contributed by atoms with Gasteiger partial charge in [-0.1, -0.05) is 27.7 Å². The van der Waals surface area contributed by atoms with E-state index in [4.69, 9.17) is 0 Å². The van der Waals surface area contributed by atoms with Gasteiger partial charge in [-0.2, -0.15) is 9.40 Å². The lowest BCUT2D eigenvalue weighted by Crippen LogP contribution is -2.43. The third kappa shape index (κ3) is 4.28. The van der Waals surface area contributed by atoms with Crippen LogP contribution in [0.4, 0.5) is 0 Å². The van der Waals surface area contributed by atoms with E-state index in [2.05, 4.69) is 22.4 Å². The number of hydrogen-bond acceptors (Lipinski definition) is 4. The topological polar surface area (TPSA) is 78.1 Å². The molecular weight excluding hydrogens is 288 g/mol. The zero-order chi connectivity index (χ0) is 16.3. The van der Waals surface area contributed by atoms with Crippen molar-refractivity contribution in [3.8, 4) is 0 Å². The summed E-state index contributed by atoms with van der Waals surface area (Å²) in [5.74, 6) is 0. The lowest BCUT2D eigenvalue weighted by molar-refractivity contribution is 0.216. The Kier molecular flexibility index (Phi) is 5.95. The fraction of sp³-hybridized carbons (Fsp3) is 0.786. The molecule has 0 amide bonds. The van der Waals surface area contributed by atoms with Crippen molar-refractivity contribution in [2.24, 2.45) is 5.41 Å². The smallest absolute Gasteiger partial charge is 0.260 e. The van der Waals surface area contributed by atoms with Gasteiger partial charge in [0.1, 0.15) is 0 Å². The van der Waals surface area contributed by atoms with Crippen LogP contribution in [-0.4, -0.2) is 42.6 Å². The van der Waals surface area contributed by atoms with Crippen molar-refractivity contribution < 1.29 is 8.42 Å². The summed E-state index contributed by atoms with van der Waals surface area (Å²) in [6.07, 6.45) is 2.58. The summed E-state index contributed by atoms with van der Waals surface area (Å²) in [6.45, 7) is 11.4. The number of hydrogen-bond donors (Lipinski definition) is 2. The van der Waals surface area contributed by atoms with Gasteiger partial charge in [0.25, 0.3) is 10.0 Å². The molecule has 0 saturated heterocycles. The first-order valence-corrected chi connectivity index (χ1v) is 8.77. The standard InChI is InChI=1S/C14H28N4O2S/c1-7-8-15-9-12-10-16-17-13(12)21(19,20)18(6)11(2)14(3,4)5/h10-11,15H,7-9H2,1-6H3,(H,16,17). The molecule has 0 aliphatic carbocycles.